The van der Waals surface area contributed by atoms with Crippen LogP contribution in [-0.4, -0.2) is 67.0 Å². The normalized spacial score (nSPS) is 13.5. The van der Waals surface area contributed by atoms with E-state index in [1.165, 1.54) is 0 Å². The molecule has 2 N–H and O–H groups in total. The van der Waals surface area contributed by atoms with E-state index in [-0.39, 0.29) is 37.4 Å². The smallest absolute Gasteiger partial charge is 0.319 e. The van der Waals surface area contributed by atoms with E-state index >= 15 is 0 Å². The average Bonchev–Trinajstić information content (AvgIpc) is 2.79. The Morgan fingerprint density at radius 3 is 2.13 bits per heavy atom. The molecule has 3 rings (SSSR count). The second kappa shape index (κ2) is 11.2. The van der Waals surface area contributed by atoms with E-state index in [2.05, 4.69) is 10.6 Å². The molecule has 1 aliphatic rings. The first-order valence-electron chi connectivity index (χ1n) is 10.0. The van der Waals surface area contributed by atoms with Crippen LogP contribution >= 0.6 is 11.6 Å². The van der Waals surface area contributed by atoms with Crippen LogP contribution in [0.1, 0.15) is 6.42 Å². The van der Waals surface area contributed by atoms with Gasteiger partial charge in [0.15, 0.2) is 6.61 Å². The fourth-order valence-corrected chi connectivity index (χ4v) is 3.24. The minimum Gasteiger partial charge on any atom is -0.484 e. The highest BCUT2D eigenvalue weighted by molar-refractivity contribution is 6.30. The van der Waals surface area contributed by atoms with Gasteiger partial charge in [-0.1, -0.05) is 29.8 Å². The molecule has 0 unspecified atom stereocenters. The van der Waals surface area contributed by atoms with Crippen molar-refractivity contribution in [3.63, 3.8) is 0 Å². The molecule has 9 heteroatoms. The minimum atomic E-state index is -0.352. The van der Waals surface area contributed by atoms with E-state index in [4.69, 9.17) is 16.3 Å². The van der Waals surface area contributed by atoms with Crippen molar-refractivity contribution in [1.29, 1.82) is 0 Å². The number of amides is 4. The Kier molecular flexibility index (Phi) is 8.12. The number of benzene rings is 2. The van der Waals surface area contributed by atoms with Crippen molar-refractivity contribution in [2.75, 3.05) is 44.6 Å². The summed E-state index contributed by atoms with van der Waals surface area (Å²) in [6.07, 6.45) is 0.204. The van der Waals surface area contributed by atoms with Crippen LogP contribution in [0, 0.1) is 0 Å². The van der Waals surface area contributed by atoms with Crippen LogP contribution in [0.3, 0.4) is 0 Å². The monoisotopic (exact) mass is 444 g/mol. The Balaban J connectivity index is 1.32. The van der Waals surface area contributed by atoms with Crippen LogP contribution in [0.2, 0.25) is 5.02 Å². The molecule has 31 heavy (non-hydrogen) atoms. The van der Waals surface area contributed by atoms with Gasteiger partial charge in [-0.25, -0.2) is 4.79 Å². The largest absolute Gasteiger partial charge is 0.484 e. The van der Waals surface area contributed by atoms with Crippen molar-refractivity contribution >= 4 is 35.1 Å². The van der Waals surface area contributed by atoms with E-state index in [0.29, 0.717) is 42.6 Å². The first-order chi connectivity index (χ1) is 15.0. The molecule has 8 nitrogen and oxygen atoms in total. The number of rotatable bonds is 7. The quantitative estimate of drug-likeness (QED) is 0.686. The number of anilines is 1. The SMILES string of the molecule is O=C(NCCC(=O)N1CCN(C(=O)COc2ccc(Cl)cc2)CC1)Nc1ccccc1. The third kappa shape index (κ3) is 7.18. The summed E-state index contributed by atoms with van der Waals surface area (Å²) in [6, 6.07) is 15.6. The van der Waals surface area contributed by atoms with Crippen LogP contribution in [0.15, 0.2) is 54.6 Å². The molecule has 1 heterocycles. The van der Waals surface area contributed by atoms with Gasteiger partial charge in [-0.3, -0.25) is 9.59 Å². The molecular weight excluding hydrogens is 420 g/mol. The lowest BCUT2D eigenvalue weighted by atomic mass is 10.2. The fourth-order valence-electron chi connectivity index (χ4n) is 3.11. The lowest BCUT2D eigenvalue weighted by Gasteiger charge is -2.34. The summed E-state index contributed by atoms with van der Waals surface area (Å²) in [5.74, 6) is 0.404. The van der Waals surface area contributed by atoms with Gasteiger partial charge in [0.05, 0.1) is 0 Å². The number of hydrogen-bond donors (Lipinski definition) is 2. The number of ether oxygens (including phenoxy) is 1. The van der Waals surface area contributed by atoms with Crippen LogP contribution in [-0.2, 0) is 9.59 Å². The van der Waals surface area contributed by atoms with Crippen molar-refractivity contribution in [2.45, 2.75) is 6.42 Å². The van der Waals surface area contributed by atoms with Gasteiger partial charge in [-0.15, -0.1) is 0 Å². The maximum Gasteiger partial charge on any atom is 0.319 e. The van der Waals surface area contributed by atoms with E-state index < -0.39 is 0 Å². The van der Waals surface area contributed by atoms with Crippen molar-refractivity contribution in [3.8, 4) is 5.75 Å². The predicted molar refractivity (Wildman–Crippen MR) is 118 cm³/mol. The topological polar surface area (TPSA) is 91.0 Å². The summed E-state index contributed by atoms with van der Waals surface area (Å²) in [5.41, 5.74) is 0.687. The summed E-state index contributed by atoms with van der Waals surface area (Å²) >= 11 is 5.83. The molecule has 0 radical (unpaired) electrons. The van der Waals surface area contributed by atoms with Crippen LogP contribution in [0.4, 0.5) is 10.5 Å². The van der Waals surface area contributed by atoms with Gasteiger partial charge < -0.3 is 25.2 Å². The Labute approximate surface area is 186 Å². The predicted octanol–water partition coefficient (Wildman–Crippen LogP) is 2.60. The van der Waals surface area contributed by atoms with Gasteiger partial charge in [-0.05, 0) is 36.4 Å². The number of piperazine rings is 1. The fraction of sp³-hybridized carbons (Fsp3) is 0.318. The molecule has 0 aliphatic carbocycles. The van der Waals surface area contributed by atoms with Crippen LogP contribution < -0.4 is 15.4 Å². The van der Waals surface area contributed by atoms with E-state index in [9.17, 15) is 14.4 Å². The number of para-hydroxylation sites is 1. The standard InChI is InChI=1S/C22H25ClN4O4/c23-17-6-8-19(9-7-17)31-16-21(29)27-14-12-26(13-15-27)20(28)10-11-24-22(30)25-18-4-2-1-3-5-18/h1-9H,10-16H2,(H2,24,25,30). The molecule has 164 valence electrons. The third-order valence-electron chi connectivity index (χ3n) is 4.82. The molecule has 0 bridgehead atoms. The summed E-state index contributed by atoms with van der Waals surface area (Å²) in [5, 5.41) is 5.98. The molecule has 1 fully saturated rings. The molecule has 0 atom stereocenters. The van der Waals surface area contributed by atoms with Gasteiger partial charge in [0.25, 0.3) is 5.91 Å². The van der Waals surface area contributed by atoms with Crippen molar-refractivity contribution in [3.05, 3.63) is 59.6 Å². The van der Waals surface area contributed by atoms with Gasteiger partial charge in [0, 0.05) is 49.9 Å². The zero-order valence-electron chi connectivity index (χ0n) is 17.1. The highest BCUT2D eigenvalue weighted by Crippen LogP contribution is 2.15. The zero-order chi connectivity index (χ0) is 22.1. The van der Waals surface area contributed by atoms with Gasteiger partial charge in [0.1, 0.15) is 5.75 Å². The number of nitrogens with one attached hydrogen (secondary N) is 2. The Morgan fingerprint density at radius 2 is 1.48 bits per heavy atom. The summed E-state index contributed by atoms with van der Waals surface area (Å²) in [4.78, 5) is 40.0. The van der Waals surface area contributed by atoms with Gasteiger partial charge in [-0.2, -0.15) is 0 Å². The van der Waals surface area contributed by atoms with Crippen LogP contribution in [0.5, 0.6) is 5.75 Å². The molecule has 4 amide bonds. The molecule has 0 aromatic heterocycles. The Morgan fingerprint density at radius 1 is 0.871 bits per heavy atom. The van der Waals surface area contributed by atoms with Gasteiger partial charge >= 0.3 is 6.03 Å². The maximum atomic E-state index is 12.4. The minimum absolute atomic E-state index is 0.0514. The number of carbonyl (C=O) groups excluding carboxylic acids is 3. The summed E-state index contributed by atoms with van der Waals surface area (Å²) < 4.78 is 5.49. The Hall–Kier alpha value is -3.26. The van der Waals surface area contributed by atoms with Crippen molar-refractivity contribution in [1.82, 2.24) is 15.1 Å². The number of halogens is 1. The number of urea groups is 1. The Bertz CT molecular complexity index is 884. The molecule has 1 aliphatic heterocycles. The zero-order valence-corrected chi connectivity index (χ0v) is 17.8. The lowest BCUT2D eigenvalue weighted by Crippen LogP contribution is -2.52. The highest BCUT2D eigenvalue weighted by atomic mass is 35.5. The van der Waals surface area contributed by atoms with Crippen LogP contribution in [0.25, 0.3) is 0 Å². The average molecular weight is 445 g/mol. The highest BCUT2D eigenvalue weighted by Gasteiger charge is 2.24. The molecule has 0 spiro atoms. The van der Waals surface area contributed by atoms with Gasteiger partial charge in [0.2, 0.25) is 5.91 Å². The maximum absolute atomic E-state index is 12.4. The van der Waals surface area contributed by atoms with Crippen molar-refractivity contribution in [2.24, 2.45) is 0 Å². The van der Waals surface area contributed by atoms with Crippen molar-refractivity contribution < 1.29 is 19.1 Å². The second-order valence-corrected chi connectivity index (χ2v) is 7.44. The van der Waals surface area contributed by atoms with E-state index in [0.717, 1.165) is 0 Å². The summed E-state index contributed by atoms with van der Waals surface area (Å²) in [7, 11) is 0. The molecule has 2 aromatic carbocycles. The molecule has 1 saturated heterocycles. The summed E-state index contributed by atoms with van der Waals surface area (Å²) in [6.45, 7) is 2.01. The second-order valence-electron chi connectivity index (χ2n) is 7.00. The lowest BCUT2D eigenvalue weighted by molar-refractivity contribution is -0.140. The molecule has 0 saturated carbocycles. The number of hydrogen-bond acceptors (Lipinski definition) is 4. The molecular formula is C22H25ClN4O4. The first-order valence-corrected chi connectivity index (χ1v) is 10.4. The number of nitrogens with zero attached hydrogens (tertiary/aromatic N) is 2. The van der Waals surface area contributed by atoms with E-state index in [1.807, 2.05) is 18.2 Å². The number of carbonyl (C=O) groups is 3. The third-order valence-corrected chi connectivity index (χ3v) is 5.07. The van der Waals surface area contributed by atoms with E-state index in [1.54, 1.807) is 46.2 Å². The first kappa shape index (κ1) is 22.4. The molecule has 2 aromatic rings.